The van der Waals surface area contributed by atoms with E-state index in [1.165, 1.54) is 12.8 Å². The van der Waals surface area contributed by atoms with Crippen molar-refractivity contribution >= 4 is 10.0 Å². The van der Waals surface area contributed by atoms with Gasteiger partial charge < -0.3 is 4.74 Å². The maximum Gasteiger partial charge on any atom is 0.220 e. The SMILES string of the molecule is O=S(=O)(C1CC1)N1CCc2nc(-c3ccccc3)nc(OCC3CC3)c2CC1. The Morgan fingerprint density at radius 1 is 1.00 bits per heavy atom. The average molecular weight is 400 g/mol. The monoisotopic (exact) mass is 399 g/mol. The average Bonchev–Trinajstić information content (AvgIpc) is 3.59. The number of sulfonamides is 1. The molecule has 7 heteroatoms. The van der Waals surface area contributed by atoms with Crippen molar-refractivity contribution in [2.45, 2.75) is 43.8 Å². The fraction of sp³-hybridized carbons (Fsp3) is 0.524. The second-order valence-corrected chi connectivity index (χ2v) is 10.3. The van der Waals surface area contributed by atoms with Crippen molar-refractivity contribution in [1.29, 1.82) is 0 Å². The fourth-order valence-corrected chi connectivity index (χ4v) is 5.54. The van der Waals surface area contributed by atoms with Gasteiger partial charge in [-0.25, -0.2) is 17.7 Å². The molecule has 2 aromatic rings. The number of ether oxygens (including phenoxy) is 1. The number of aromatic nitrogens is 2. The van der Waals surface area contributed by atoms with Gasteiger partial charge in [0.05, 0.1) is 17.6 Å². The molecule has 5 rings (SSSR count). The van der Waals surface area contributed by atoms with Crippen LogP contribution in [0.5, 0.6) is 5.88 Å². The smallest absolute Gasteiger partial charge is 0.220 e. The first-order valence-corrected chi connectivity index (χ1v) is 11.7. The molecule has 148 valence electrons. The van der Waals surface area contributed by atoms with Crippen LogP contribution in [0.1, 0.15) is 36.9 Å². The van der Waals surface area contributed by atoms with Gasteiger partial charge in [0, 0.05) is 30.6 Å². The third-order valence-electron chi connectivity index (χ3n) is 5.75. The summed E-state index contributed by atoms with van der Waals surface area (Å²) in [5.74, 6) is 1.92. The molecule has 6 nitrogen and oxygen atoms in total. The summed E-state index contributed by atoms with van der Waals surface area (Å²) in [5, 5.41) is -0.176. The van der Waals surface area contributed by atoms with Crippen LogP contribution in [0.4, 0.5) is 0 Å². The Morgan fingerprint density at radius 2 is 1.75 bits per heavy atom. The first-order valence-electron chi connectivity index (χ1n) is 10.2. The highest BCUT2D eigenvalue weighted by Crippen LogP contribution is 2.34. The van der Waals surface area contributed by atoms with Crippen LogP contribution in [-0.4, -0.2) is 47.6 Å². The fourth-order valence-electron chi connectivity index (χ4n) is 3.69. The second-order valence-electron chi connectivity index (χ2n) is 8.04. The standard InChI is InChI=1S/C21H25N3O3S/c25-28(26,17-8-9-17)24-12-10-18-19(11-13-24)22-20(16-4-2-1-3-5-16)23-21(18)27-14-15-6-7-15/h1-5,15,17H,6-14H2. The summed E-state index contributed by atoms with van der Waals surface area (Å²) >= 11 is 0. The maximum absolute atomic E-state index is 12.7. The zero-order valence-electron chi connectivity index (χ0n) is 15.9. The molecule has 0 saturated heterocycles. The van der Waals surface area contributed by atoms with Gasteiger partial charge in [0.15, 0.2) is 5.82 Å². The van der Waals surface area contributed by atoms with E-state index < -0.39 is 10.0 Å². The van der Waals surface area contributed by atoms with Crippen LogP contribution in [-0.2, 0) is 22.9 Å². The molecule has 0 spiro atoms. The first-order chi connectivity index (χ1) is 13.6. The molecule has 2 aliphatic carbocycles. The lowest BCUT2D eigenvalue weighted by atomic mass is 10.1. The summed E-state index contributed by atoms with van der Waals surface area (Å²) in [6.45, 7) is 1.65. The predicted octanol–water partition coefficient (Wildman–Crippen LogP) is 2.83. The molecule has 1 aliphatic heterocycles. The van der Waals surface area contributed by atoms with Gasteiger partial charge in [-0.1, -0.05) is 30.3 Å². The van der Waals surface area contributed by atoms with E-state index in [1.54, 1.807) is 4.31 Å². The van der Waals surface area contributed by atoms with Crippen molar-refractivity contribution in [2.75, 3.05) is 19.7 Å². The van der Waals surface area contributed by atoms with Gasteiger partial charge >= 0.3 is 0 Å². The van der Waals surface area contributed by atoms with Crippen LogP contribution < -0.4 is 4.74 Å². The molecule has 0 radical (unpaired) electrons. The first kappa shape index (κ1) is 18.1. The number of hydrogen-bond acceptors (Lipinski definition) is 5. The van der Waals surface area contributed by atoms with Crippen LogP contribution in [0.3, 0.4) is 0 Å². The second kappa shape index (κ2) is 7.12. The van der Waals surface area contributed by atoms with E-state index >= 15 is 0 Å². The van der Waals surface area contributed by atoms with Gasteiger partial charge in [0.2, 0.25) is 15.9 Å². The van der Waals surface area contributed by atoms with Crippen molar-refractivity contribution in [3.8, 4) is 17.3 Å². The maximum atomic E-state index is 12.7. The van der Waals surface area contributed by atoms with Gasteiger partial charge in [0.25, 0.3) is 0 Å². The third-order valence-corrected chi connectivity index (χ3v) is 8.15. The van der Waals surface area contributed by atoms with Crippen molar-refractivity contribution in [3.63, 3.8) is 0 Å². The predicted molar refractivity (Wildman–Crippen MR) is 107 cm³/mol. The minimum Gasteiger partial charge on any atom is -0.477 e. The van der Waals surface area contributed by atoms with Gasteiger partial charge in [0.1, 0.15) is 0 Å². The minimum absolute atomic E-state index is 0.176. The Labute approximate surface area is 166 Å². The number of fused-ring (bicyclic) bond motifs is 1. The van der Waals surface area contributed by atoms with Crippen LogP contribution in [0.2, 0.25) is 0 Å². The summed E-state index contributed by atoms with van der Waals surface area (Å²) in [6.07, 6.45) is 5.22. The molecule has 0 N–H and O–H groups in total. The summed E-state index contributed by atoms with van der Waals surface area (Å²) in [4.78, 5) is 9.54. The van der Waals surface area contributed by atoms with E-state index in [0.29, 0.717) is 50.2 Å². The Bertz CT molecular complexity index is 970. The summed E-state index contributed by atoms with van der Waals surface area (Å²) in [5.41, 5.74) is 2.86. The minimum atomic E-state index is -3.18. The molecule has 3 aliphatic rings. The largest absolute Gasteiger partial charge is 0.477 e. The molecule has 0 bridgehead atoms. The number of rotatable bonds is 6. The number of benzene rings is 1. The van der Waals surface area contributed by atoms with Crippen LogP contribution in [0.25, 0.3) is 11.4 Å². The zero-order valence-corrected chi connectivity index (χ0v) is 16.7. The van der Waals surface area contributed by atoms with Crippen molar-refractivity contribution in [2.24, 2.45) is 5.92 Å². The Morgan fingerprint density at radius 3 is 2.46 bits per heavy atom. The molecular weight excluding hydrogens is 374 g/mol. The third kappa shape index (κ3) is 3.65. The van der Waals surface area contributed by atoms with E-state index in [9.17, 15) is 8.42 Å². The lowest BCUT2D eigenvalue weighted by Crippen LogP contribution is -2.35. The summed E-state index contributed by atoms with van der Waals surface area (Å²) in [6, 6.07) is 9.90. The molecule has 0 atom stereocenters. The van der Waals surface area contributed by atoms with E-state index in [-0.39, 0.29) is 5.25 Å². The molecule has 0 unspecified atom stereocenters. The van der Waals surface area contributed by atoms with Crippen LogP contribution in [0, 0.1) is 5.92 Å². The highest BCUT2D eigenvalue weighted by molar-refractivity contribution is 7.90. The Hall–Kier alpha value is -1.99. The highest BCUT2D eigenvalue weighted by Gasteiger charge is 2.40. The number of nitrogens with zero attached hydrogens (tertiary/aromatic N) is 3. The van der Waals surface area contributed by atoms with Crippen molar-refractivity contribution in [3.05, 3.63) is 41.6 Å². The summed E-state index contributed by atoms with van der Waals surface area (Å²) < 4.78 is 33.2. The van der Waals surface area contributed by atoms with E-state index in [2.05, 4.69) is 0 Å². The normalized spacial score (nSPS) is 20.4. The van der Waals surface area contributed by atoms with Gasteiger partial charge in [-0.2, -0.15) is 4.98 Å². The van der Waals surface area contributed by atoms with E-state index in [0.717, 1.165) is 29.7 Å². The lowest BCUT2D eigenvalue weighted by Gasteiger charge is -2.19. The van der Waals surface area contributed by atoms with E-state index in [4.69, 9.17) is 14.7 Å². The zero-order chi connectivity index (χ0) is 19.1. The molecule has 0 amide bonds. The number of hydrogen-bond donors (Lipinski definition) is 0. The molecule has 2 heterocycles. The molecule has 1 aromatic carbocycles. The highest BCUT2D eigenvalue weighted by atomic mass is 32.2. The van der Waals surface area contributed by atoms with Crippen molar-refractivity contribution in [1.82, 2.24) is 14.3 Å². The van der Waals surface area contributed by atoms with Gasteiger partial charge in [-0.05, 0) is 38.0 Å². The Kier molecular flexibility index (Phi) is 4.59. The molecule has 2 saturated carbocycles. The topological polar surface area (TPSA) is 72.4 Å². The van der Waals surface area contributed by atoms with Crippen molar-refractivity contribution < 1.29 is 13.2 Å². The molecule has 1 aromatic heterocycles. The van der Waals surface area contributed by atoms with Crippen LogP contribution >= 0.6 is 0 Å². The van der Waals surface area contributed by atoms with Crippen LogP contribution in [0.15, 0.2) is 30.3 Å². The molecule has 28 heavy (non-hydrogen) atoms. The quantitative estimate of drug-likeness (QED) is 0.747. The summed E-state index contributed by atoms with van der Waals surface area (Å²) in [7, 11) is -3.18. The Balaban J connectivity index is 1.47. The van der Waals surface area contributed by atoms with Gasteiger partial charge in [-0.15, -0.1) is 0 Å². The van der Waals surface area contributed by atoms with Gasteiger partial charge in [-0.3, -0.25) is 0 Å². The molecular formula is C21H25N3O3S. The van der Waals surface area contributed by atoms with E-state index in [1.807, 2.05) is 30.3 Å². The molecule has 2 fully saturated rings. The lowest BCUT2D eigenvalue weighted by molar-refractivity contribution is 0.284.